The van der Waals surface area contributed by atoms with Gasteiger partial charge >= 0.3 is 11.7 Å². The average Bonchev–Trinajstić information content (AvgIpc) is 2.70. The molecule has 8 heteroatoms. The van der Waals surface area contributed by atoms with Crippen molar-refractivity contribution in [3.8, 4) is 0 Å². The van der Waals surface area contributed by atoms with E-state index in [-0.39, 0.29) is 23.1 Å². The van der Waals surface area contributed by atoms with Gasteiger partial charge in [0, 0.05) is 37.9 Å². The molecule has 0 aliphatic carbocycles. The fourth-order valence-corrected chi connectivity index (χ4v) is 3.23. The number of hydrogen-bond acceptors (Lipinski definition) is 7. The molecular weight excluding hydrogens is 348 g/mol. The molecule has 1 unspecified atom stereocenters. The monoisotopic (exact) mass is 370 g/mol. The molecule has 1 N–H and O–H groups in total. The van der Waals surface area contributed by atoms with Crippen LogP contribution in [0.5, 0.6) is 0 Å². The largest absolute Gasteiger partial charge is 0.465 e. The molecule has 0 spiro atoms. The number of rotatable bonds is 6. The van der Waals surface area contributed by atoms with Crippen LogP contribution in [0.2, 0.25) is 0 Å². The minimum absolute atomic E-state index is 0.0513. The molecule has 0 radical (unpaired) electrons. The van der Waals surface area contributed by atoms with Crippen molar-refractivity contribution in [2.45, 2.75) is 25.9 Å². The highest BCUT2D eigenvalue weighted by atomic mass is 16.6. The summed E-state index contributed by atoms with van der Waals surface area (Å²) in [6.45, 7) is 4.38. The number of pyridine rings is 1. The number of anilines is 1. The Morgan fingerprint density at radius 2 is 2.15 bits per heavy atom. The van der Waals surface area contributed by atoms with E-state index in [9.17, 15) is 14.9 Å². The van der Waals surface area contributed by atoms with Gasteiger partial charge in [0.2, 0.25) is 5.82 Å². The minimum atomic E-state index is -0.655. The normalized spacial score (nSPS) is 14.9. The van der Waals surface area contributed by atoms with Crippen LogP contribution < -0.4 is 5.32 Å². The van der Waals surface area contributed by atoms with Gasteiger partial charge < -0.3 is 10.1 Å². The number of hydrogen-bond donors (Lipinski definition) is 1. The van der Waals surface area contributed by atoms with E-state index >= 15 is 0 Å². The van der Waals surface area contributed by atoms with Crippen molar-refractivity contribution >= 4 is 17.5 Å². The van der Waals surface area contributed by atoms with E-state index in [1.165, 1.54) is 30.5 Å². The number of esters is 1. The second kappa shape index (κ2) is 8.13. The number of carbonyl (C=O) groups is 1. The number of benzene rings is 1. The molecule has 1 atom stereocenters. The van der Waals surface area contributed by atoms with Gasteiger partial charge in [-0.3, -0.25) is 15.0 Å². The van der Waals surface area contributed by atoms with Gasteiger partial charge in [-0.25, -0.2) is 9.78 Å². The molecule has 2 aromatic rings. The van der Waals surface area contributed by atoms with E-state index in [1.807, 2.05) is 6.07 Å². The number of carbonyl (C=O) groups excluding carboxylic acids is 1. The molecular formula is C19H22N4O4. The molecule has 27 heavy (non-hydrogen) atoms. The molecule has 0 fully saturated rings. The lowest BCUT2D eigenvalue weighted by molar-refractivity contribution is -0.384. The van der Waals surface area contributed by atoms with Crippen LogP contribution in [0, 0.1) is 10.1 Å². The van der Waals surface area contributed by atoms with Crippen molar-refractivity contribution in [2.75, 3.05) is 25.5 Å². The summed E-state index contributed by atoms with van der Waals surface area (Å²) < 4.78 is 4.59. The summed E-state index contributed by atoms with van der Waals surface area (Å²) in [7, 11) is 1.22. The Hall–Kier alpha value is -3.00. The lowest BCUT2D eigenvalue weighted by Crippen LogP contribution is -2.41. The van der Waals surface area contributed by atoms with Crippen molar-refractivity contribution in [1.29, 1.82) is 0 Å². The molecule has 0 saturated heterocycles. The Morgan fingerprint density at radius 1 is 1.41 bits per heavy atom. The minimum Gasteiger partial charge on any atom is -0.465 e. The lowest BCUT2D eigenvalue weighted by Gasteiger charge is -2.33. The summed E-state index contributed by atoms with van der Waals surface area (Å²) in [6.07, 6.45) is 2.27. The molecule has 0 saturated carbocycles. The fourth-order valence-electron chi connectivity index (χ4n) is 3.23. The molecule has 3 rings (SSSR count). The van der Waals surface area contributed by atoms with Crippen molar-refractivity contribution in [1.82, 2.24) is 9.88 Å². The maximum Gasteiger partial charge on any atom is 0.339 e. The number of nitrogens with one attached hydrogen (secondary N) is 1. The average molecular weight is 370 g/mol. The molecule has 0 amide bonds. The molecule has 1 aliphatic heterocycles. The second-order valence-corrected chi connectivity index (χ2v) is 6.56. The third-order valence-corrected chi connectivity index (χ3v) is 4.83. The van der Waals surface area contributed by atoms with Crippen molar-refractivity contribution < 1.29 is 14.5 Å². The predicted octanol–water partition coefficient (Wildman–Crippen LogP) is 2.64. The Labute approximate surface area is 157 Å². The highest BCUT2D eigenvalue weighted by Gasteiger charge is 2.23. The number of aromatic nitrogens is 1. The highest BCUT2D eigenvalue weighted by Crippen LogP contribution is 2.24. The van der Waals surface area contributed by atoms with E-state index in [2.05, 4.69) is 45.1 Å². The quantitative estimate of drug-likeness (QED) is 0.474. The smallest absolute Gasteiger partial charge is 0.339 e. The van der Waals surface area contributed by atoms with Crippen LogP contribution in [0.15, 0.2) is 36.5 Å². The van der Waals surface area contributed by atoms with E-state index < -0.39 is 10.9 Å². The van der Waals surface area contributed by atoms with Crippen LogP contribution in [0.4, 0.5) is 11.5 Å². The van der Waals surface area contributed by atoms with Crippen LogP contribution in [-0.2, 0) is 17.7 Å². The molecule has 8 nitrogen and oxygen atoms in total. The van der Waals surface area contributed by atoms with Crippen molar-refractivity contribution in [2.24, 2.45) is 0 Å². The van der Waals surface area contributed by atoms with Gasteiger partial charge in [0.15, 0.2) is 0 Å². The zero-order valence-corrected chi connectivity index (χ0v) is 15.3. The number of ether oxygens (including phenoxy) is 1. The van der Waals surface area contributed by atoms with Crippen LogP contribution in [-0.4, -0.2) is 47.0 Å². The summed E-state index contributed by atoms with van der Waals surface area (Å²) in [4.78, 5) is 28.7. The molecule has 142 valence electrons. The van der Waals surface area contributed by atoms with Crippen molar-refractivity contribution in [3.05, 3.63) is 63.3 Å². The van der Waals surface area contributed by atoms with Crippen LogP contribution in [0.1, 0.15) is 28.4 Å². The standard InChI is InChI=1S/C19H22N4O4/c1-13(22-8-7-14-5-3-4-6-15(14)12-22)10-20-18-17(23(25)26)9-16(11-21-18)19(24)27-2/h3-6,9,11,13H,7-8,10,12H2,1-2H3,(H,20,21). The number of nitro groups is 1. The van der Waals surface area contributed by atoms with Crippen LogP contribution in [0.25, 0.3) is 0 Å². The fraction of sp³-hybridized carbons (Fsp3) is 0.368. The van der Waals surface area contributed by atoms with E-state index in [0.29, 0.717) is 6.54 Å². The Morgan fingerprint density at radius 3 is 2.85 bits per heavy atom. The topological polar surface area (TPSA) is 97.6 Å². The Bertz CT molecular complexity index is 855. The lowest BCUT2D eigenvalue weighted by atomic mass is 9.99. The summed E-state index contributed by atoms with van der Waals surface area (Å²) in [6, 6.07) is 9.75. The third kappa shape index (κ3) is 4.22. The first kappa shape index (κ1) is 18.8. The van der Waals surface area contributed by atoms with Gasteiger partial charge in [-0.15, -0.1) is 0 Å². The van der Waals surface area contributed by atoms with Crippen LogP contribution in [0.3, 0.4) is 0 Å². The highest BCUT2D eigenvalue weighted by molar-refractivity contribution is 5.90. The van der Waals surface area contributed by atoms with E-state index in [4.69, 9.17) is 0 Å². The zero-order chi connectivity index (χ0) is 19.4. The summed E-state index contributed by atoms with van der Waals surface area (Å²) in [5.41, 5.74) is 2.51. The maximum absolute atomic E-state index is 11.6. The molecule has 2 heterocycles. The summed E-state index contributed by atoms with van der Waals surface area (Å²) >= 11 is 0. The molecule has 1 aromatic heterocycles. The van der Waals surface area contributed by atoms with E-state index in [0.717, 1.165) is 19.5 Å². The first-order valence-corrected chi connectivity index (χ1v) is 8.77. The van der Waals surface area contributed by atoms with Crippen LogP contribution >= 0.6 is 0 Å². The first-order valence-electron chi connectivity index (χ1n) is 8.77. The van der Waals surface area contributed by atoms with Gasteiger partial charge in [-0.1, -0.05) is 24.3 Å². The summed E-state index contributed by atoms with van der Waals surface area (Å²) in [5.74, 6) is -0.505. The number of methoxy groups -OCH3 is 1. The van der Waals surface area contributed by atoms with E-state index in [1.54, 1.807) is 0 Å². The van der Waals surface area contributed by atoms with Gasteiger partial charge in [-0.2, -0.15) is 0 Å². The van der Waals surface area contributed by atoms with Gasteiger partial charge in [0.1, 0.15) is 0 Å². The third-order valence-electron chi connectivity index (χ3n) is 4.83. The van der Waals surface area contributed by atoms with Gasteiger partial charge in [0.05, 0.1) is 17.6 Å². The van der Waals surface area contributed by atoms with Crippen molar-refractivity contribution in [3.63, 3.8) is 0 Å². The Kier molecular flexibility index (Phi) is 5.66. The maximum atomic E-state index is 11.6. The summed E-state index contributed by atoms with van der Waals surface area (Å²) in [5, 5.41) is 14.4. The van der Waals surface area contributed by atoms with Gasteiger partial charge in [-0.05, 0) is 24.5 Å². The first-order chi connectivity index (χ1) is 13.0. The second-order valence-electron chi connectivity index (χ2n) is 6.56. The Balaban J connectivity index is 1.67. The SMILES string of the molecule is COC(=O)c1cnc(NCC(C)N2CCc3ccccc3C2)c([N+](=O)[O-])c1. The molecule has 1 aliphatic rings. The zero-order valence-electron chi connectivity index (χ0n) is 15.3. The predicted molar refractivity (Wildman–Crippen MR) is 101 cm³/mol. The number of nitrogens with zero attached hydrogens (tertiary/aromatic N) is 3. The van der Waals surface area contributed by atoms with Gasteiger partial charge in [0.25, 0.3) is 0 Å². The molecule has 1 aromatic carbocycles. The molecule has 0 bridgehead atoms. The number of fused-ring (bicyclic) bond motifs is 1.